The molecule has 1 nitrogen and oxygen atoms in total. The first-order valence-electron chi connectivity index (χ1n) is 19.7. The maximum absolute atomic E-state index is 6.72. The van der Waals surface area contributed by atoms with Crippen molar-refractivity contribution in [1.29, 1.82) is 0 Å². The molecule has 57 heavy (non-hydrogen) atoms. The summed E-state index contributed by atoms with van der Waals surface area (Å²) in [4.78, 5) is 0. The third-order valence-corrected chi connectivity index (χ3v) is 12.0. The number of furan rings is 1. The first-order valence-corrected chi connectivity index (χ1v) is 19.7. The van der Waals surface area contributed by atoms with Crippen LogP contribution in [0.15, 0.2) is 211 Å². The summed E-state index contributed by atoms with van der Waals surface area (Å²) in [6.07, 6.45) is 0. The van der Waals surface area contributed by atoms with Crippen molar-refractivity contribution < 1.29 is 4.42 Å². The lowest BCUT2D eigenvalue weighted by molar-refractivity contribution is 0.669. The van der Waals surface area contributed by atoms with Gasteiger partial charge < -0.3 is 4.42 Å². The Balaban J connectivity index is 1.05. The topological polar surface area (TPSA) is 13.1 Å². The fourth-order valence-electron chi connectivity index (χ4n) is 9.54. The van der Waals surface area contributed by atoms with Crippen molar-refractivity contribution in [2.24, 2.45) is 0 Å². The van der Waals surface area contributed by atoms with Gasteiger partial charge in [-0.05, 0) is 129 Å². The quantitative estimate of drug-likeness (QED) is 0.165. The summed E-state index contributed by atoms with van der Waals surface area (Å²) in [5.74, 6) is 0. The molecule has 0 saturated carbocycles. The van der Waals surface area contributed by atoms with E-state index in [4.69, 9.17) is 4.42 Å². The summed E-state index contributed by atoms with van der Waals surface area (Å²) in [6.45, 7) is 0. The molecule has 1 aromatic heterocycles. The largest absolute Gasteiger partial charge is 0.456 e. The molecule has 0 aliphatic heterocycles. The van der Waals surface area contributed by atoms with Crippen molar-refractivity contribution in [1.82, 2.24) is 0 Å². The summed E-state index contributed by atoms with van der Waals surface area (Å²) >= 11 is 0. The Morgan fingerprint density at radius 3 is 1.16 bits per heavy atom. The Kier molecular flexibility index (Phi) is 7.00. The van der Waals surface area contributed by atoms with Crippen LogP contribution in [-0.2, 0) is 0 Å². The average molecular weight is 723 g/mol. The Morgan fingerprint density at radius 1 is 0.211 bits per heavy atom. The van der Waals surface area contributed by atoms with E-state index in [0.717, 1.165) is 27.5 Å². The van der Waals surface area contributed by atoms with E-state index in [1.165, 1.54) is 92.8 Å². The molecule has 0 spiro atoms. The monoisotopic (exact) mass is 722 g/mol. The van der Waals surface area contributed by atoms with Crippen LogP contribution in [-0.4, -0.2) is 0 Å². The molecular weight excluding hydrogens is 689 g/mol. The lowest BCUT2D eigenvalue weighted by Crippen LogP contribution is -1.91. The van der Waals surface area contributed by atoms with Gasteiger partial charge in [-0.25, -0.2) is 0 Å². The molecule has 0 amide bonds. The van der Waals surface area contributed by atoms with E-state index in [0.29, 0.717) is 0 Å². The minimum atomic E-state index is 0.889. The molecule has 0 unspecified atom stereocenters. The molecule has 0 fully saturated rings. The third kappa shape index (κ3) is 4.89. The summed E-state index contributed by atoms with van der Waals surface area (Å²) < 4.78 is 6.72. The molecule has 0 bridgehead atoms. The molecule has 0 N–H and O–H groups in total. The standard InChI is InChI=1S/C56H34O/c1-2-15-36(16-3-1)53-42-18-6-8-20-44(42)55(45-21-9-7-19-43(45)53)39-29-31-51-50(33-39)41-30-28-40(34-52(41)57-51)56-48-24-12-10-22-46(48)54(47-23-11-13-25-49(47)56)38-27-26-35-14-4-5-17-37(35)32-38/h1-34H. The highest BCUT2D eigenvalue weighted by Gasteiger charge is 2.20. The highest BCUT2D eigenvalue weighted by Crippen LogP contribution is 2.47. The molecule has 12 aromatic rings. The number of rotatable bonds is 4. The molecule has 12 rings (SSSR count). The fraction of sp³-hybridized carbons (Fsp3) is 0. The maximum atomic E-state index is 6.72. The second kappa shape index (κ2) is 12.5. The second-order valence-electron chi connectivity index (χ2n) is 15.1. The van der Waals surface area contributed by atoms with Crippen LogP contribution in [0.5, 0.6) is 0 Å². The first-order chi connectivity index (χ1) is 28.3. The van der Waals surface area contributed by atoms with Crippen molar-refractivity contribution in [2.75, 3.05) is 0 Å². The molecule has 0 saturated heterocycles. The molecule has 1 heterocycles. The Bertz CT molecular complexity index is 3460. The smallest absolute Gasteiger partial charge is 0.136 e. The van der Waals surface area contributed by atoms with Gasteiger partial charge in [-0.1, -0.05) is 176 Å². The van der Waals surface area contributed by atoms with Crippen LogP contribution in [0, 0.1) is 0 Å². The van der Waals surface area contributed by atoms with Crippen LogP contribution in [0.3, 0.4) is 0 Å². The number of hydrogen-bond donors (Lipinski definition) is 0. The molecule has 0 aliphatic carbocycles. The summed E-state index contributed by atoms with van der Waals surface area (Å²) in [7, 11) is 0. The molecule has 1 heteroatoms. The zero-order valence-electron chi connectivity index (χ0n) is 31.0. The molecule has 0 aliphatic rings. The van der Waals surface area contributed by atoms with Crippen LogP contribution < -0.4 is 0 Å². The van der Waals surface area contributed by atoms with E-state index in [9.17, 15) is 0 Å². The van der Waals surface area contributed by atoms with Crippen LogP contribution in [0.4, 0.5) is 0 Å². The van der Waals surface area contributed by atoms with Crippen LogP contribution in [0.2, 0.25) is 0 Å². The SMILES string of the molecule is c1ccc(-c2c3ccccc3c(-c3ccc4oc5cc(-c6c7ccccc7c(-c7ccc8ccccc8c7)c7ccccc67)ccc5c4c3)c3ccccc23)cc1. The van der Waals surface area contributed by atoms with Crippen molar-refractivity contribution in [3.63, 3.8) is 0 Å². The van der Waals surface area contributed by atoms with Crippen LogP contribution >= 0.6 is 0 Å². The maximum Gasteiger partial charge on any atom is 0.136 e. The van der Waals surface area contributed by atoms with Gasteiger partial charge >= 0.3 is 0 Å². The summed E-state index contributed by atoms with van der Waals surface area (Å²) in [6, 6.07) is 75.2. The fourth-order valence-corrected chi connectivity index (χ4v) is 9.54. The van der Waals surface area contributed by atoms with E-state index < -0.39 is 0 Å². The van der Waals surface area contributed by atoms with Gasteiger partial charge in [0.1, 0.15) is 11.2 Å². The molecular formula is C56H34O. The van der Waals surface area contributed by atoms with Crippen LogP contribution in [0.25, 0.3) is 120 Å². The van der Waals surface area contributed by atoms with Gasteiger partial charge in [0.2, 0.25) is 0 Å². The van der Waals surface area contributed by atoms with Gasteiger partial charge in [-0.15, -0.1) is 0 Å². The van der Waals surface area contributed by atoms with Gasteiger partial charge in [0.05, 0.1) is 0 Å². The zero-order valence-corrected chi connectivity index (χ0v) is 31.0. The van der Waals surface area contributed by atoms with Crippen molar-refractivity contribution >= 4 is 75.8 Å². The van der Waals surface area contributed by atoms with Gasteiger partial charge in [0.25, 0.3) is 0 Å². The lowest BCUT2D eigenvalue weighted by atomic mass is 9.85. The van der Waals surface area contributed by atoms with E-state index in [-0.39, 0.29) is 0 Å². The Hall–Kier alpha value is -7.48. The molecule has 0 atom stereocenters. The molecule has 264 valence electrons. The molecule has 0 radical (unpaired) electrons. The average Bonchev–Trinajstić information content (AvgIpc) is 3.64. The van der Waals surface area contributed by atoms with Crippen molar-refractivity contribution in [3.8, 4) is 44.5 Å². The Labute approximate surface area is 329 Å². The van der Waals surface area contributed by atoms with Gasteiger partial charge in [-0.2, -0.15) is 0 Å². The zero-order chi connectivity index (χ0) is 37.5. The van der Waals surface area contributed by atoms with Gasteiger partial charge in [0.15, 0.2) is 0 Å². The number of hydrogen-bond acceptors (Lipinski definition) is 1. The number of benzene rings is 11. The molecule has 11 aromatic carbocycles. The predicted molar refractivity (Wildman–Crippen MR) is 243 cm³/mol. The predicted octanol–water partition coefficient (Wildman–Crippen LogP) is 16.0. The third-order valence-electron chi connectivity index (χ3n) is 12.0. The summed E-state index contributed by atoms with van der Waals surface area (Å²) in [5.41, 5.74) is 11.6. The highest BCUT2D eigenvalue weighted by molar-refractivity contribution is 6.24. The van der Waals surface area contributed by atoms with Gasteiger partial charge in [-0.3, -0.25) is 0 Å². The second-order valence-corrected chi connectivity index (χ2v) is 15.1. The normalized spacial score (nSPS) is 11.9. The van der Waals surface area contributed by atoms with Crippen LogP contribution in [0.1, 0.15) is 0 Å². The van der Waals surface area contributed by atoms with Gasteiger partial charge in [0, 0.05) is 10.8 Å². The van der Waals surface area contributed by atoms with E-state index in [1.54, 1.807) is 0 Å². The van der Waals surface area contributed by atoms with Crippen molar-refractivity contribution in [2.45, 2.75) is 0 Å². The highest BCUT2D eigenvalue weighted by atomic mass is 16.3. The van der Waals surface area contributed by atoms with E-state index >= 15 is 0 Å². The lowest BCUT2D eigenvalue weighted by Gasteiger charge is -2.18. The summed E-state index contributed by atoms with van der Waals surface area (Å²) in [5, 5.41) is 14.7. The van der Waals surface area contributed by atoms with Crippen molar-refractivity contribution in [3.05, 3.63) is 206 Å². The first kappa shape index (κ1) is 31.8. The Morgan fingerprint density at radius 2 is 0.614 bits per heavy atom. The van der Waals surface area contributed by atoms with E-state index in [2.05, 4.69) is 206 Å². The minimum Gasteiger partial charge on any atom is -0.456 e. The van der Waals surface area contributed by atoms with E-state index in [1.807, 2.05) is 0 Å². The number of fused-ring (bicyclic) bond motifs is 8. The minimum absolute atomic E-state index is 0.889.